The number of benzene rings is 1. The van der Waals surface area contributed by atoms with Crippen molar-refractivity contribution in [3.05, 3.63) is 29.8 Å². The van der Waals surface area contributed by atoms with Crippen molar-refractivity contribution in [1.82, 2.24) is 4.90 Å². The number of carbonyl (C=O) groups is 1. The van der Waals surface area contributed by atoms with Gasteiger partial charge in [0.1, 0.15) is 5.75 Å². The van der Waals surface area contributed by atoms with Crippen LogP contribution in [0, 0.1) is 5.92 Å². The van der Waals surface area contributed by atoms with Crippen LogP contribution in [-0.2, 0) is 11.3 Å². The van der Waals surface area contributed by atoms with E-state index in [9.17, 15) is 9.90 Å². The van der Waals surface area contributed by atoms with Gasteiger partial charge in [0.05, 0.1) is 6.04 Å². The fourth-order valence-electron chi connectivity index (χ4n) is 1.90. The van der Waals surface area contributed by atoms with Gasteiger partial charge in [-0.2, -0.15) is 0 Å². The lowest BCUT2D eigenvalue weighted by molar-refractivity contribution is -0.132. The van der Waals surface area contributed by atoms with E-state index in [1.807, 2.05) is 19.9 Å². The third-order valence-electron chi connectivity index (χ3n) is 2.75. The quantitative estimate of drug-likeness (QED) is 0.836. The highest BCUT2D eigenvalue weighted by molar-refractivity contribution is 5.81. The molecule has 4 heteroatoms. The van der Waals surface area contributed by atoms with Gasteiger partial charge < -0.3 is 15.7 Å². The molecule has 0 aliphatic heterocycles. The van der Waals surface area contributed by atoms with Crippen LogP contribution in [0.2, 0.25) is 0 Å². The van der Waals surface area contributed by atoms with Gasteiger partial charge in [-0.1, -0.05) is 26.0 Å². The molecule has 1 amide bonds. The number of amides is 1. The number of aromatic hydroxyl groups is 1. The highest BCUT2D eigenvalue weighted by Crippen LogP contribution is 2.13. The molecule has 0 saturated heterocycles. The summed E-state index contributed by atoms with van der Waals surface area (Å²) in [5.74, 6) is 0.546. The molecule has 0 aliphatic carbocycles. The van der Waals surface area contributed by atoms with Gasteiger partial charge in [-0.15, -0.1) is 0 Å². The van der Waals surface area contributed by atoms with Crippen molar-refractivity contribution in [3.8, 4) is 5.75 Å². The van der Waals surface area contributed by atoms with Crippen molar-refractivity contribution < 1.29 is 9.90 Å². The second kappa shape index (κ2) is 6.40. The number of nitrogens with zero attached hydrogens (tertiary/aromatic N) is 1. The predicted molar refractivity (Wildman–Crippen MR) is 72.0 cm³/mol. The summed E-state index contributed by atoms with van der Waals surface area (Å²) in [6, 6.07) is 6.44. The predicted octanol–water partition coefficient (Wildman–Crippen LogP) is 1.72. The Kier molecular flexibility index (Phi) is 5.16. The average Bonchev–Trinajstić information content (AvgIpc) is 2.27. The Morgan fingerprint density at radius 1 is 1.44 bits per heavy atom. The van der Waals surface area contributed by atoms with Gasteiger partial charge in [0.15, 0.2) is 0 Å². The maximum atomic E-state index is 12.0. The van der Waals surface area contributed by atoms with E-state index in [-0.39, 0.29) is 11.7 Å². The maximum Gasteiger partial charge on any atom is 0.239 e. The Morgan fingerprint density at radius 2 is 2.11 bits per heavy atom. The van der Waals surface area contributed by atoms with Crippen LogP contribution in [0.5, 0.6) is 5.75 Å². The molecular weight excluding hydrogens is 228 g/mol. The van der Waals surface area contributed by atoms with Crippen LogP contribution in [0.4, 0.5) is 0 Å². The van der Waals surface area contributed by atoms with E-state index in [0.29, 0.717) is 18.9 Å². The zero-order valence-corrected chi connectivity index (χ0v) is 11.3. The van der Waals surface area contributed by atoms with Gasteiger partial charge in [0.2, 0.25) is 5.91 Å². The normalized spacial score (nSPS) is 12.5. The van der Waals surface area contributed by atoms with E-state index in [1.54, 1.807) is 30.1 Å². The second-order valence-corrected chi connectivity index (χ2v) is 5.10. The molecule has 1 rings (SSSR count). The van der Waals surface area contributed by atoms with Crippen LogP contribution in [0.3, 0.4) is 0 Å². The van der Waals surface area contributed by atoms with Gasteiger partial charge in [0, 0.05) is 13.6 Å². The lowest BCUT2D eigenvalue weighted by atomic mass is 10.0. The van der Waals surface area contributed by atoms with Gasteiger partial charge in [0.25, 0.3) is 0 Å². The lowest BCUT2D eigenvalue weighted by Gasteiger charge is -2.22. The summed E-state index contributed by atoms with van der Waals surface area (Å²) in [5.41, 5.74) is 6.75. The fraction of sp³-hybridized carbons (Fsp3) is 0.500. The number of phenols is 1. The number of likely N-dealkylation sites (N-methyl/N-ethyl adjacent to an activating group) is 1. The molecule has 0 fully saturated rings. The van der Waals surface area contributed by atoms with Crippen molar-refractivity contribution in [2.24, 2.45) is 11.7 Å². The molecule has 0 bridgehead atoms. The monoisotopic (exact) mass is 250 g/mol. The summed E-state index contributed by atoms with van der Waals surface area (Å²) >= 11 is 0. The van der Waals surface area contributed by atoms with Crippen molar-refractivity contribution in [1.29, 1.82) is 0 Å². The van der Waals surface area contributed by atoms with Crippen LogP contribution in [0.1, 0.15) is 25.8 Å². The standard InChI is InChI=1S/C14H22N2O2/c1-10(2)7-13(15)14(18)16(3)9-11-5-4-6-12(17)8-11/h4-6,8,10,13,17H,7,9,15H2,1-3H3. The molecule has 0 radical (unpaired) electrons. The first kappa shape index (κ1) is 14.5. The van der Waals surface area contributed by atoms with Crippen LogP contribution in [0.15, 0.2) is 24.3 Å². The molecule has 3 N–H and O–H groups in total. The van der Waals surface area contributed by atoms with Crippen molar-refractivity contribution >= 4 is 5.91 Å². The van der Waals surface area contributed by atoms with E-state index in [0.717, 1.165) is 5.56 Å². The number of nitrogens with two attached hydrogens (primary N) is 1. The molecule has 1 aromatic rings. The molecule has 0 saturated carbocycles. The van der Waals surface area contributed by atoms with E-state index in [1.165, 1.54) is 0 Å². The average molecular weight is 250 g/mol. The fourth-order valence-corrected chi connectivity index (χ4v) is 1.90. The summed E-state index contributed by atoms with van der Waals surface area (Å²) in [7, 11) is 1.73. The van der Waals surface area contributed by atoms with Crippen molar-refractivity contribution in [2.75, 3.05) is 7.05 Å². The van der Waals surface area contributed by atoms with Crippen LogP contribution >= 0.6 is 0 Å². The second-order valence-electron chi connectivity index (χ2n) is 5.10. The van der Waals surface area contributed by atoms with Gasteiger partial charge >= 0.3 is 0 Å². The summed E-state index contributed by atoms with van der Waals surface area (Å²) < 4.78 is 0. The van der Waals surface area contributed by atoms with E-state index >= 15 is 0 Å². The SMILES string of the molecule is CC(C)CC(N)C(=O)N(C)Cc1cccc(O)c1. The summed E-state index contributed by atoms with van der Waals surface area (Å²) in [4.78, 5) is 13.6. The largest absolute Gasteiger partial charge is 0.508 e. The Labute approximate surface area is 108 Å². The number of hydrogen-bond donors (Lipinski definition) is 2. The van der Waals surface area contributed by atoms with E-state index in [2.05, 4.69) is 0 Å². The minimum absolute atomic E-state index is 0.0629. The van der Waals surface area contributed by atoms with Crippen LogP contribution in [-0.4, -0.2) is 29.0 Å². The Bertz CT molecular complexity index is 405. The molecule has 1 unspecified atom stereocenters. The highest BCUT2D eigenvalue weighted by atomic mass is 16.3. The maximum absolute atomic E-state index is 12.0. The third kappa shape index (κ3) is 4.37. The Balaban J connectivity index is 2.59. The third-order valence-corrected chi connectivity index (χ3v) is 2.75. The Hall–Kier alpha value is -1.55. The molecular formula is C14H22N2O2. The highest BCUT2D eigenvalue weighted by Gasteiger charge is 2.19. The molecule has 0 aromatic heterocycles. The molecule has 1 atom stereocenters. The minimum atomic E-state index is -0.452. The van der Waals surface area contributed by atoms with E-state index < -0.39 is 6.04 Å². The summed E-state index contributed by atoms with van der Waals surface area (Å²) in [6.45, 7) is 4.55. The van der Waals surface area contributed by atoms with Crippen LogP contribution in [0.25, 0.3) is 0 Å². The van der Waals surface area contributed by atoms with Crippen LogP contribution < -0.4 is 5.73 Å². The Morgan fingerprint density at radius 3 is 2.67 bits per heavy atom. The van der Waals surface area contributed by atoms with Gasteiger partial charge in [-0.05, 0) is 30.0 Å². The minimum Gasteiger partial charge on any atom is -0.508 e. The van der Waals surface area contributed by atoms with Gasteiger partial charge in [-0.25, -0.2) is 0 Å². The van der Waals surface area contributed by atoms with Crippen molar-refractivity contribution in [2.45, 2.75) is 32.9 Å². The van der Waals surface area contributed by atoms with Crippen molar-refractivity contribution in [3.63, 3.8) is 0 Å². The first-order valence-corrected chi connectivity index (χ1v) is 6.18. The molecule has 1 aromatic carbocycles. The zero-order valence-electron chi connectivity index (χ0n) is 11.3. The molecule has 100 valence electrons. The smallest absolute Gasteiger partial charge is 0.239 e. The number of rotatable bonds is 5. The summed E-state index contributed by atoms with van der Waals surface area (Å²) in [5, 5.41) is 9.36. The number of carbonyl (C=O) groups excluding carboxylic acids is 1. The van der Waals surface area contributed by atoms with E-state index in [4.69, 9.17) is 5.73 Å². The molecule has 0 heterocycles. The molecule has 4 nitrogen and oxygen atoms in total. The summed E-state index contributed by atoms with van der Waals surface area (Å²) in [6.07, 6.45) is 0.684. The number of phenolic OH excluding ortho intramolecular Hbond substituents is 1. The first-order chi connectivity index (χ1) is 8.40. The number of hydrogen-bond acceptors (Lipinski definition) is 3. The first-order valence-electron chi connectivity index (χ1n) is 6.18. The van der Waals surface area contributed by atoms with Gasteiger partial charge in [-0.3, -0.25) is 4.79 Å². The molecule has 18 heavy (non-hydrogen) atoms. The molecule has 0 aliphatic rings. The molecule has 0 spiro atoms. The topological polar surface area (TPSA) is 66.6 Å². The zero-order chi connectivity index (χ0) is 13.7. The lowest BCUT2D eigenvalue weighted by Crippen LogP contribution is -2.42.